The Kier molecular flexibility index (Phi) is 2.59. The van der Waals surface area contributed by atoms with Gasteiger partial charge in [0.1, 0.15) is 11.5 Å². The Balaban J connectivity index is 2.28. The van der Waals surface area contributed by atoms with E-state index in [1.807, 2.05) is 5.38 Å². The van der Waals surface area contributed by atoms with E-state index in [2.05, 4.69) is 15.1 Å². The molecular weight excluding hydrogens is 214 g/mol. The predicted molar refractivity (Wildman–Crippen MR) is 54.5 cm³/mol. The van der Waals surface area contributed by atoms with Crippen LogP contribution in [0.4, 0.5) is 0 Å². The van der Waals surface area contributed by atoms with Crippen LogP contribution in [0.1, 0.15) is 25.7 Å². The SMILES string of the molecule is CC(=O)C(C)c1nc(-c2cscn2)no1. The first-order valence-electron chi connectivity index (χ1n) is 4.41. The lowest BCUT2D eigenvalue weighted by molar-refractivity contribution is -0.118. The average molecular weight is 223 g/mol. The largest absolute Gasteiger partial charge is 0.338 e. The molecule has 1 unspecified atom stereocenters. The topological polar surface area (TPSA) is 68.9 Å². The summed E-state index contributed by atoms with van der Waals surface area (Å²) < 4.78 is 4.99. The Morgan fingerprint density at radius 3 is 3.00 bits per heavy atom. The first kappa shape index (κ1) is 9.97. The van der Waals surface area contributed by atoms with Crippen LogP contribution in [-0.2, 0) is 4.79 Å². The quantitative estimate of drug-likeness (QED) is 0.794. The third kappa shape index (κ3) is 1.94. The maximum absolute atomic E-state index is 11.1. The van der Waals surface area contributed by atoms with Crippen LogP contribution in [0.15, 0.2) is 15.4 Å². The molecule has 0 aliphatic carbocycles. The number of hydrogen-bond acceptors (Lipinski definition) is 6. The Hall–Kier alpha value is -1.56. The molecule has 0 spiro atoms. The number of aromatic nitrogens is 3. The molecule has 2 heterocycles. The summed E-state index contributed by atoms with van der Waals surface area (Å²) in [6.07, 6.45) is 0. The van der Waals surface area contributed by atoms with Crippen LogP contribution in [-0.4, -0.2) is 20.9 Å². The number of thiazole rings is 1. The molecule has 2 rings (SSSR count). The molecule has 0 saturated heterocycles. The number of carbonyl (C=O) groups is 1. The van der Waals surface area contributed by atoms with E-state index in [-0.39, 0.29) is 11.7 Å². The van der Waals surface area contributed by atoms with Gasteiger partial charge in [0.15, 0.2) is 0 Å². The Morgan fingerprint density at radius 1 is 1.60 bits per heavy atom. The second-order valence-electron chi connectivity index (χ2n) is 3.16. The van der Waals surface area contributed by atoms with Crippen molar-refractivity contribution in [2.75, 3.05) is 0 Å². The van der Waals surface area contributed by atoms with Crippen LogP contribution in [0.5, 0.6) is 0 Å². The van der Waals surface area contributed by atoms with E-state index >= 15 is 0 Å². The zero-order chi connectivity index (χ0) is 10.8. The minimum Gasteiger partial charge on any atom is -0.338 e. The van der Waals surface area contributed by atoms with Gasteiger partial charge in [-0.05, 0) is 13.8 Å². The third-order valence-electron chi connectivity index (χ3n) is 2.08. The van der Waals surface area contributed by atoms with Gasteiger partial charge in [-0.2, -0.15) is 4.98 Å². The fraction of sp³-hybridized carbons (Fsp3) is 0.333. The lowest BCUT2D eigenvalue weighted by Crippen LogP contribution is -2.04. The van der Waals surface area contributed by atoms with Gasteiger partial charge in [0.2, 0.25) is 11.7 Å². The number of hydrogen-bond donors (Lipinski definition) is 0. The number of Topliss-reactive ketones (excluding diaryl/α,β-unsaturated/α-hetero) is 1. The minimum atomic E-state index is -0.357. The monoisotopic (exact) mass is 223 g/mol. The normalized spacial score (nSPS) is 12.7. The smallest absolute Gasteiger partial charge is 0.237 e. The Bertz CT molecular complexity index is 463. The summed E-state index contributed by atoms with van der Waals surface area (Å²) >= 11 is 1.46. The zero-order valence-electron chi connectivity index (χ0n) is 8.30. The summed E-state index contributed by atoms with van der Waals surface area (Å²) in [6.45, 7) is 3.23. The van der Waals surface area contributed by atoms with E-state index in [4.69, 9.17) is 4.52 Å². The standard InChI is InChI=1S/C9H9N3O2S/c1-5(6(2)13)9-11-8(12-14-9)7-3-15-4-10-7/h3-5H,1-2H3. The molecule has 0 saturated carbocycles. The van der Waals surface area contributed by atoms with Crippen LogP contribution < -0.4 is 0 Å². The van der Waals surface area contributed by atoms with Crippen LogP contribution in [0.2, 0.25) is 0 Å². The lowest BCUT2D eigenvalue weighted by Gasteiger charge is -1.97. The summed E-state index contributed by atoms with van der Waals surface area (Å²) in [5.74, 6) is 0.415. The van der Waals surface area contributed by atoms with E-state index in [1.165, 1.54) is 18.3 Å². The van der Waals surface area contributed by atoms with Crippen molar-refractivity contribution in [2.24, 2.45) is 0 Å². The van der Waals surface area contributed by atoms with Gasteiger partial charge >= 0.3 is 0 Å². The highest BCUT2D eigenvalue weighted by atomic mass is 32.1. The highest BCUT2D eigenvalue weighted by molar-refractivity contribution is 7.07. The molecule has 0 fully saturated rings. The molecule has 0 amide bonds. The van der Waals surface area contributed by atoms with E-state index < -0.39 is 0 Å². The van der Waals surface area contributed by atoms with Crippen LogP contribution in [0.3, 0.4) is 0 Å². The van der Waals surface area contributed by atoms with E-state index in [0.29, 0.717) is 17.4 Å². The van der Waals surface area contributed by atoms with Gasteiger partial charge in [-0.3, -0.25) is 4.79 Å². The zero-order valence-corrected chi connectivity index (χ0v) is 9.11. The van der Waals surface area contributed by atoms with Gasteiger partial charge in [-0.15, -0.1) is 11.3 Å². The van der Waals surface area contributed by atoms with Gasteiger partial charge in [-0.25, -0.2) is 4.98 Å². The van der Waals surface area contributed by atoms with E-state index in [9.17, 15) is 4.79 Å². The fourth-order valence-corrected chi connectivity index (χ4v) is 1.54. The second-order valence-corrected chi connectivity index (χ2v) is 3.88. The molecule has 78 valence electrons. The van der Waals surface area contributed by atoms with Crippen molar-refractivity contribution in [3.63, 3.8) is 0 Å². The molecule has 0 aliphatic heterocycles. The van der Waals surface area contributed by atoms with Crippen molar-refractivity contribution < 1.29 is 9.32 Å². The number of carbonyl (C=O) groups excluding carboxylic acids is 1. The number of ketones is 1. The number of nitrogens with zero attached hydrogens (tertiary/aromatic N) is 3. The molecule has 0 radical (unpaired) electrons. The minimum absolute atomic E-state index is 0.00322. The van der Waals surface area contributed by atoms with Crippen molar-refractivity contribution in [3.05, 3.63) is 16.8 Å². The molecule has 2 aromatic rings. The second kappa shape index (κ2) is 3.90. The molecule has 5 nitrogen and oxygen atoms in total. The molecule has 15 heavy (non-hydrogen) atoms. The highest BCUT2D eigenvalue weighted by Crippen LogP contribution is 2.19. The fourth-order valence-electron chi connectivity index (χ4n) is 1.01. The van der Waals surface area contributed by atoms with Crippen LogP contribution in [0, 0.1) is 0 Å². The van der Waals surface area contributed by atoms with Gasteiger partial charge in [0, 0.05) is 5.38 Å². The van der Waals surface area contributed by atoms with Gasteiger partial charge < -0.3 is 4.52 Å². The predicted octanol–water partition coefficient (Wildman–Crippen LogP) is 1.89. The van der Waals surface area contributed by atoms with E-state index in [0.717, 1.165) is 0 Å². The van der Waals surface area contributed by atoms with Gasteiger partial charge in [0.05, 0.1) is 11.4 Å². The molecule has 1 atom stereocenters. The maximum Gasteiger partial charge on any atom is 0.237 e. The Morgan fingerprint density at radius 2 is 2.40 bits per heavy atom. The van der Waals surface area contributed by atoms with Gasteiger partial charge in [-0.1, -0.05) is 5.16 Å². The molecule has 0 aliphatic rings. The van der Waals surface area contributed by atoms with E-state index in [1.54, 1.807) is 12.4 Å². The molecule has 6 heteroatoms. The van der Waals surface area contributed by atoms with Crippen molar-refractivity contribution in [2.45, 2.75) is 19.8 Å². The van der Waals surface area contributed by atoms with Gasteiger partial charge in [0.25, 0.3) is 0 Å². The van der Waals surface area contributed by atoms with Crippen molar-refractivity contribution in [1.82, 2.24) is 15.1 Å². The number of rotatable bonds is 3. The first-order valence-corrected chi connectivity index (χ1v) is 5.35. The summed E-state index contributed by atoms with van der Waals surface area (Å²) in [7, 11) is 0. The van der Waals surface area contributed by atoms with Crippen LogP contribution in [0.25, 0.3) is 11.5 Å². The molecular formula is C9H9N3O2S. The van der Waals surface area contributed by atoms with Crippen molar-refractivity contribution in [1.29, 1.82) is 0 Å². The maximum atomic E-state index is 11.1. The summed E-state index contributed by atoms with van der Waals surface area (Å²) in [5.41, 5.74) is 2.37. The summed E-state index contributed by atoms with van der Waals surface area (Å²) in [4.78, 5) is 19.3. The molecule has 0 N–H and O–H groups in total. The van der Waals surface area contributed by atoms with Crippen molar-refractivity contribution >= 4 is 17.1 Å². The first-order chi connectivity index (χ1) is 7.18. The summed E-state index contributed by atoms with van der Waals surface area (Å²) in [5, 5.41) is 5.59. The molecule has 0 aromatic carbocycles. The average Bonchev–Trinajstić information content (AvgIpc) is 2.86. The molecule has 2 aromatic heterocycles. The lowest BCUT2D eigenvalue weighted by atomic mass is 10.1. The third-order valence-corrected chi connectivity index (χ3v) is 2.67. The van der Waals surface area contributed by atoms with Crippen molar-refractivity contribution in [3.8, 4) is 11.5 Å². The van der Waals surface area contributed by atoms with Crippen LogP contribution >= 0.6 is 11.3 Å². The Labute approximate surface area is 90.2 Å². The molecule has 0 bridgehead atoms. The summed E-state index contributed by atoms with van der Waals surface area (Å²) in [6, 6.07) is 0. The highest BCUT2D eigenvalue weighted by Gasteiger charge is 2.19.